The SMILES string of the molecule is CC.CC.CC.CC.CCC(=O)C1C(C(=O)O)C(C(=O)O)C1C(=O)Cc1ccc(-c2ccc(C)cc2)cc1.Cc1ccc(-c2ccc(N3C(=O)C4C5C(=O)N(C)C(=O)C5C4C3=O)cc2)cc1.c1ccncc1.c1ccncc1.c1ccncc1.c1ccncc1. The molecule has 4 aromatic carbocycles. The molecule has 2 aliphatic heterocycles. The summed E-state index contributed by atoms with van der Waals surface area (Å²) in [6.45, 7) is 21.6. The molecule has 8 aromatic rings. The molecule has 4 aromatic heterocycles. The number of aromatic nitrogens is 4. The number of carbonyl (C=O) groups is 8. The van der Waals surface area contributed by atoms with E-state index in [0.717, 1.165) is 37.6 Å². The van der Waals surface area contributed by atoms with Crippen LogP contribution in [-0.2, 0) is 44.8 Å². The first-order chi connectivity index (χ1) is 43.6. The minimum atomic E-state index is -1.37. The van der Waals surface area contributed by atoms with Crippen LogP contribution in [0.4, 0.5) is 5.69 Å². The molecular formula is C74H86N6O10. The number of likely N-dealkylation sites (tertiary alicyclic amines) is 1. The summed E-state index contributed by atoms with van der Waals surface area (Å²) in [5, 5.41) is 18.9. The predicted octanol–water partition coefficient (Wildman–Crippen LogP) is 13.8. The van der Waals surface area contributed by atoms with Crippen molar-refractivity contribution < 1.29 is 48.6 Å². The topological polar surface area (TPSA) is 235 Å². The first-order valence-electron chi connectivity index (χ1n) is 30.6. The van der Waals surface area contributed by atoms with E-state index in [9.17, 15) is 48.6 Å². The number of carbonyl (C=O) groups excluding carboxylic acids is 6. The molecule has 4 aliphatic rings. The van der Waals surface area contributed by atoms with Gasteiger partial charge in [0, 0.05) is 81.3 Å². The quantitative estimate of drug-likeness (QED) is 0.121. The first kappa shape index (κ1) is 74.3. The predicted molar refractivity (Wildman–Crippen MR) is 353 cm³/mol. The minimum Gasteiger partial charge on any atom is -0.481 e. The second-order valence-electron chi connectivity index (χ2n) is 19.7. The van der Waals surface area contributed by atoms with Crippen molar-refractivity contribution in [2.24, 2.45) is 47.3 Å². The lowest BCUT2D eigenvalue weighted by molar-refractivity contribution is -0.180. The third kappa shape index (κ3) is 20.0. The number of fused-ring (bicyclic) bond motifs is 4. The van der Waals surface area contributed by atoms with Gasteiger partial charge in [-0.25, -0.2) is 0 Å². The number of imide groups is 2. The third-order valence-corrected chi connectivity index (χ3v) is 14.5. The van der Waals surface area contributed by atoms with Crippen LogP contribution in [0.15, 0.2) is 219 Å². The Morgan fingerprint density at radius 2 is 0.644 bits per heavy atom. The molecular weight excluding hydrogens is 1130 g/mol. The molecule has 4 fully saturated rings. The number of aliphatic carboxylic acids is 2. The number of rotatable bonds is 10. The van der Waals surface area contributed by atoms with Gasteiger partial charge in [0.2, 0.25) is 23.6 Å². The Labute approximate surface area is 530 Å². The van der Waals surface area contributed by atoms with Gasteiger partial charge in [0.15, 0.2) is 0 Å². The molecule has 2 saturated carbocycles. The van der Waals surface area contributed by atoms with Gasteiger partial charge in [-0.15, -0.1) is 0 Å². The molecule has 16 nitrogen and oxygen atoms in total. The third-order valence-electron chi connectivity index (χ3n) is 14.5. The van der Waals surface area contributed by atoms with E-state index in [1.807, 2.05) is 215 Å². The summed E-state index contributed by atoms with van der Waals surface area (Å²) in [6, 6.07) is 53.6. The highest BCUT2D eigenvalue weighted by Crippen LogP contribution is 2.57. The molecule has 4 amide bonds. The number of carboxylic acids is 2. The van der Waals surface area contributed by atoms with Gasteiger partial charge < -0.3 is 10.2 Å². The van der Waals surface area contributed by atoms with E-state index in [0.29, 0.717) is 11.3 Å². The van der Waals surface area contributed by atoms with E-state index < -0.39 is 65.1 Å². The highest BCUT2D eigenvalue weighted by Gasteiger charge is 2.73. The van der Waals surface area contributed by atoms with Crippen molar-refractivity contribution in [3.8, 4) is 22.3 Å². The molecule has 8 unspecified atom stereocenters. The van der Waals surface area contributed by atoms with Gasteiger partial charge in [-0.3, -0.25) is 68.1 Å². The number of aryl methyl sites for hydroxylation is 2. The standard InChI is InChI=1S/C24H24O6.C22H18N2O4.4C5H5N.4C2H6/c1-3-17(25)19-20(22(24(29)30)21(19)23(27)28)18(26)12-14-6-10-16(11-7-14)15-8-4-13(2)5-9-15;1-11-3-5-12(6-4-11)13-7-9-14(10-8-13)24-21(27)17-15-16(18(17)22(24)28)20(26)23(2)19(15)25;4*1-2-4-6-5-3-1;4*1-2/h4-11,19-22H,3,12H2,1-2H3,(H,27,28)(H,29,30);3-10,15-18H,1-2H3;4*1-5H;4*1-2H3. The van der Waals surface area contributed by atoms with Gasteiger partial charge >= 0.3 is 11.9 Å². The number of hydrogen-bond acceptors (Lipinski definition) is 12. The number of benzene rings is 4. The van der Waals surface area contributed by atoms with Gasteiger partial charge in [0.25, 0.3) is 0 Å². The lowest BCUT2D eigenvalue weighted by Gasteiger charge is -2.45. The molecule has 0 bridgehead atoms. The van der Waals surface area contributed by atoms with E-state index in [2.05, 4.69) is 19.9 Å². The number of carboxylic acid groups (broad SMARTS) is 2. The molecule has 12 rings (SSSR count). The summed E-state index contributed by atoms with van der Waals surface area (Å²) in [4.78, 5) is 116. The number of nitrogens with zero attached hydrogens (tertiary/aromatic N) is 6. The number of pyridine rings is 4. The normalized spacial score (nSPS) is 18.8. The summed E-state index contributed by atoms with van der Waals surface area (Å²) < 4.78 is 0. The van der Waals surface area contributed by atoms with Gasteiger partial charge in [-0.05, 0) is 102 Å². The number of ketones is 2. The maximum atomic E-state index is 12.9. The minimum absolute atomic E-state index is 0.0392. The Balaban J connectivity index is 0.000000318. The van der Waals surface area contributed by atoms with Crippen molar-refractivity contribution in [1.82, 2.24) is 24.8 Å². The average molecular weight is 1220 g/mol. The summed E-state index contributed by atoms with van der Waals surface area (Å²) in [5.74, 6) is -12.7. The average Bonchev–Trinajstić information content (AvgIpc) is 1.51. The first-order valence-corrected chi connectivity index (χ1v) is 30.6. The highest BCUT2D eigenvalue weighted by atomic mass is 16.4. The molecule has 2 N–H and O–H groups in total. The van der Waals surface area contributed by atoms with Crippen molar-refractivity contribution in [3.63, 3.8) is 0 Å². The van der Waals surface area contributed by atoms with Crippen LogP contribution in [0, 0.1) is 61.2 Å². The zero-order valence-electron chi connectivity index (χ0n) is 53.7. The van der Waals surface area contributed by atoms with Crippen LogP contribution >= 0.6 is 0 Å². The summed E-state index contributed by atoms with van der Waals surface area (Å²) in [5.41, 5.74) is 7.56. The van der Waals surface area contributed by atoms with Gasteiger partial charge in [-0.1, -0.05) is 183 Å². The molecule has 2 saturated heterocycles. The molecule has 2 aliphatic carbocycles. The Morgan fingerprint density at radius 1 is 0.378 bits per heavy atom. The monoisotopic (exact) mass is 1220 g/mol. The Kier molecular flexibility index (Phi) is 32.8. The fraction of sp³-hybridized carbons (Fsp3) is 0.297. The fourth-order valence-corrected chi connectivity index (χ4v) is 10.3. The van der Waals surface area contributed by atoms with E-state index in [1.165, 1.54) is 12.6 Å². The molecule has 16 heteroatoms. The van der Waals surface area contributed by atoms with Crippen molar-refractivity contribution >= 4 is 52.8 Å². The van der Waals surface area contributed by atoms with Crippen LogP contribution in [-0.4, -0.2) is 89.2 Å². The van der Waals surface area contributed by atoms with Gasteiger partial charge in [0.05, 0.1) is 41.2 Å². The Hall–Kier alpha value is -9.96. The van der Waals surface area contributed by atoms with Gasteiger partial charge in [-0.2, -0.15) is 0 Å². The van der Waals surface area contributed by atoms with Crippen LogP contribution in [0.1, 0.15) is 85.4 Å². The molecule has 472 valence electrons. The van der Waals surface area contributed by atoms with Crippen LogP contribution < -0.4 is 4.90 Å². The number of amides is 4. The van der Waals surface area contributed by atoms with E-state index in [1.54, 1.807) is 80.8 Å². The summed E-state index contributed by atoms with van der Waals surface area (Å²) >= 11 is 0. The van der Waals surface area contributed by atoms with E-state index in [-0.39, 0.29) is 42.3 Å². The molecule has 8 atom stereocenters. The largest absolute Gasteiger partial charge is 0.481 e. The lowest BCUT2D eigenvalue weighted by Crippen LogP contribution is -2.60. The highest BCUT2D eigenvalue weighted by molar-refractivity contribution is 6.27. The maximum absolute atomic E-state index is 12.9. The smallest absolute Gasteiger partial charge is 0.308 e. The fourth-order valence-electron chi connectivity index (χ4n) is 10.3. The zero-order chi connectivity index (χ0) is 66.7. The van der Waals surface area contributed by atoms with Crippen molar-refractivity contribution in [2.45, 2.75) is 89.0 Å². The maximum Gasteiger partial charge on any atom is 0.308 e. The van der Waals surface area contributed by atoms with Crippen molar-refractivity contribution in [3.05, 3.63) is 236 Å². The summed E-state index contributed by atoms with van der Waals surface area (Å²) in [7, 11) is 1.41. The van der Waals surface area contributed by atoms with Crippen LogP contribution in [0.2, 0.25) is 0 Å². The second-order valence-corrected chi connectivity index (χ2v) is 19.7. The Bertz CT molecular complexity index is 3140. The number of Topliss-reactive ketones (excluding diaryl/α,β-unsaturated/α-hetero) is 2. The molecule has 0 radical (unpaired) electrons. The number of anilines is 1. The number of hydrogen-bond donors (Lipinski definition) is 2. The van der Waals surface area contributed by atoms with Crippen molar-refractivity contribution in [1.29, 1.82) is 0 Å². The Morgan fingerprint density at radius 3 is 0.900 bits per heavy atom. The summed E-state index contributed by atoms with van der Waals surface area (Å²) in [6.07, 6.45) is 14.0. The van der Waals surface area contributed by atoms with E-state index in [4.69, 9.17) is 0 Å². The zero-order valence-corrected chi connectivity index (χ0v) is 53.7. The van der Waals surface area contributed by atoms with Crippen LogP contribution in [0.25, 0.3) is 22.3 Å². The van der Waals surface area contributed by atoms with E-state index >= 15 is 0 Å². The van der Waals surface area contributed by atoms with Gasteiger partial charge in [0.1, 0.15) is 11.6 Å². The molecule has 90 heavy (non-hydrogen) atoms. The van der Waals surface area contributed by atoms with Crippen LogP contribution in [0.5, 0.6) is 0 Å². The molecule has 0 spiro atoms. The van der Waals surface area contributed by atoms with Crippen molar-refractivity contribution in [2.75, 3.05) is 11.9 Å². The lowest BCUT2D eigenvalue weighted by atomic mass is 9.53. The molecule has 6 heterocycles. The van der Waals surface area contributed by atoms with Crippen LogP contribution in [0.3, 0.4) is 0 Å². The second kappa shape index (κ2) is 39.8.